The van der Waals surface area contributed by atoms with Gasteiger partial charge in [0.1, 0.15) is 5.60 Å². The number of aryl methyl sites for hydroxylation is 1. The average molecular weight is 267 g/mol. The van der Waals surface area contributed by atoms with Crippen molar-refractivity contribution in [2.75, 3.05) is 7.05 Å². The molecule has 2 rings (SSSR count). The second-order valence-electron chi connectivity index (χ2n) is 5.86. The average Bonchev–Trinajstić information content (AvgIpc) is 2.72. The molecule has 4 heteroatoms. The van der Waals surface area contributed by atoms with Crippen molar-refractivity contribution in [1.82, 2.24) is 4.90 Å². The Kier molecular flexibility index (Phi) is 3.66. The summed E-state index contributed by atoms with van der Waals surface area (Å²) >= 11 is 1.82. The first kappa shape index (κ1) is 13.4. The van der Waals surface area contributed by atoms with Crippen molar-refractivity contribution < 1.29 is 9.53 Å². The molecule has 0 aliphatic heterocycles. The van der Waals surface area contributed by atoms with Crippen molar-refractivity contribution in [2.45, 2.75) is 51.7 Å². The Morgan fingerprint density at radius 1 is 1.50 bits per heavy atom. The fourth-order valence-corrected chi connectivity index (χ4v) is 3.17. The second kappa shape index (κ2) is 4.92. The molecule has 100 valence electrons. The van der Waals surface area contributed by atoms with Crippen LogP contribution < -0.4 is 0 Å². The van der Waals surface area contributed by atoms with E-state index in [1.165, 1.54) is 10.4 Å². The van der Waals surface area contributed by atoms with E-state index in [-0.39, 0.29) is 12.1 Å². The monoisotopic (exact) mass is 267 g/mol. The van der Waals surface area contributed by atoms with Gasteiger partial charge in [-0.1, -0.05) is 0 Å². The molecule has 0 radical (unpaired) electrons. The summed E-state index contributed by atoms with van der Waals surface area (Å²) in [6.07, 6.45) is 2.84. The maximum atomic E-state index is 12.0. The Labute approximate surface area is 113 Å². The third-order valence-corrected chi connectivity index (χ3v) is 4.25. The molecule has 3 nitrogen and oxygen atoms in total. The van der Waals surface area contributed by atoms with Crippen molar-refractivity contribution in [3.63, 3.8) is 0 Å². The summed E-state index contributed by atoms with van der Waals surface area (Å²) in [5.74, 6) is 0. The summed E-state index contributed by atoms with van der Waals surface area (Å²) in [5.41, 5.74) is 0.972. The summed E-state index contributed by atoms with van der Waals surface area (Å²) in [6.45, 7) is 5.70. The third-order valence-electron chi connectivity index (χ3n) is 3.23. The number of likely N-dealkylation sites (N-methyl/N-ethyl adjacent to an activating group) is 1. The first-order chi connectivity index (χ1) is 8.37. The molecule has 1 aliphatic carbocycles. The van der Waals surface area contributed by atoms with Crippen molar-refractivity contribution in [3.8, 4) is 0 Å². The van der Waals surface area contributed by atoms with Gasteiger partial charge in [0.15, 0.2) is 0 Å². The molecule has 1 unspecified atom stereocenters. The van der Waals surface area contributed by atoms with Gasteiger partial charge in [0, 0.05) is 18.0 Å². The lowest BCUT2D eigenvalue weighted by atomic mass is 9.94. The van der Waals surface area contributed by atoms with E-state index in [1.54, 1.807) is 4.90 Å². The molecule has 0 fully saturated rings. The summed E-state index contributed by atoms with van der Waals surface area (Å²) in [7, 11) is 1.84. The zero-order chi connectivity index (χ0) is 13.3. The number of carbonyl (C=O) groups is 1. The van der Waals surface area contributed by atoms with Crippen LogP contribution in [-0.4, -0.2) is 29.7 Å². The Morgan fingerprint density at radius 3 is 2.89 bits per heavy atom. The van der Waals surface area contributed by atoms with Crippen LogP contribution in [0.5, 0.6) is 0 Å². The van der Waals surface area contributed by atoms with Gasteiger partial charge < -0.3 is 9.64 Å². The molecule has 18 heavy (non-hydrogen) atoms. The van der Waals surface area contributed by atoms with E-state index < -0.39 is 5.60 Å². The van der Waals surface area contributed by atoms with Gasteiger partial charge in [-0.05, 0) is 57.0 Å². The summed E-state index contributed by atoms with van der Waals surface area (Å²) in [4.78, 5) is 15.2. The number of rotatable bonds is 1. The molecule has 1 amide bonds. The molecule has 1 aromatic heterocycles. The normalized spacial score (nSPS) is 19.2. The highest BCUT2D eigenvalue weighted by atomic mass is 32.1. The number of fused-ring (bicyclic) bond motifs is 1. The van der Waals surface area contributed by atoms with Gasteiger partial charge >= 0.3 is 6.09 Å². The SMILES string of the molecule is CN(C(=O)OC(C)(C)C)C1CCc2sccc2C1. The van der Waals surface area contributed by atoms with Crippen molar-refractivity contribution in [1.29, 1.82) is 0 Å². The fourth-order valence-electron chi connectivity index (χ4n) is 2.24. The Bertz CT molecular complexity index is 433. The predicted octanol–water partition coefficient (Wildman–Crippen LogP) is 3.47. The van der Waals surface area contributed by atoms with E-state index in [0.29, 0.717) is 0 Å². The van der Waals surface area contributed by atoms with Gasteiger partial charge in [0.25, 0.3) is 0 Å². The number of amides is 1. The minimum atomic E-state index is -0.423. The van der Waals surface area contributed by atoms with Crippen molar-refractivity contribution in [2.24, 2.45) is 0 Å². The largest absolute Gasteiger partial charge is 0.444 e. The van der Waals surface area contributed by atoms with E-state index in [2.05, 4.69) is 11.4 Å². The number of nitrogens with zero attached hydrogens (tertiary/aromatic N) is 1. The molecule has 0 aromatic carbocycles. The minimum Gasteiger partial charge on any atom is -0.444 e. The summed E-state index contributed by atoms with van der Waals surface area (Å²) in [6, 6.07) is 2.44. The molecular formula is C14H21NO2S. The highest BCUT2D eigenvalue weighted by Gasteiger charge is 2.28. The van der Waals surface area contributed by atoms with Gasteiger partial charge in [-0.25, -0.2) is 4.79 Å². The van der Waals surface area contributed by atoms with Gasteiger partial charge in [-0.2, -0.15) is 0 Å². The van der Waals surface area contributed by atoms with Crippen LogP contribution in [-0.2, 0) is 17.6 Å². The molecule has 1 heterocycles. The van der Waals surface area contributed by atoms with Gasteiger partial charge in [-0.15, -0.1) is 11.3 Å². The number of ether oxygens (including phenoxy) is 1. The van der Waals surface area contributed by atoms with E-state index in [1.807, 2.05) is 39.2 Å². The molecular weight excluding hydrogens is 246 g/mol. The zero-order valence-electron chi connectivity index (χ0n) is 11.5. The second-order valence-corrected chi connectivity index (χ2v) is 6.86. The summed E-state index contributed by atoms with van der Waals surface area (Å²) < 4.78 is 5.41. The summed E-state index contributed by atoms with van der Waals surface area (Å²) in [5, 5.41) is 2.14. The number of carbonyl (C=O) groups excluding carboxylic acids is 1. The first-order valence-corrected chi connectivity index (χ1v) is 7.26. The van der Waals surface area contributed by atoms with Gasteiger partial charge in [-0.3, -0.25) is 0 Å². The van der Waals surface area contributed by atoms with Crippen LogP contribution in [0.4, 0.5) is 4.79 Å². The Balaban J connectivity index is 1.99. The van der Waals surface area contributed by atoms with Crippen LogP contribution >= 0.6 is 11.3 Å². The van der Waals surface area contributed by atoms with Crippen molar-refractivity contribution in [3.05, 3.63) is 21.9 Å². The topological polar surface area (TPSA) is 29.5 Å². The lowest BCUT2D eigenvalue weighted by Crippen LogP contribution is -2.43. The molecule has 1 aromatic rings. The molecule has 1 aliphatic rings. The van der Waals surface area contributed by atoms with Gasteiger partial charge in [0.2, 0.25) is 0 Å². The van der Waals surface area contributed by atoms with Crippen LogP contribution in [0.3, 0.4) is 0 Å². The van der Waals surface area contributed by atoms with Crippen LogP contribution in [0, 0.1) is 0 Å². The first-order valence-electron chi connectivity index (χ1n) is 6.38. The fraction of sp³-hybridized carbons (Fsp3) is 0.643. The van der Waals surface area contributed by atoms with Crippen molar-refractivity contribution >= 4 is 17.4 Å². The zero-order valence-corrected chi connectivity index (χ0v) is 12.3. The minimum absolute atomic E-state index is 0.217. The molecule has 0 spiro atoms. The highest BCUT2D eigenvalue weighted by molar-refractivity contribution is 7.10. The standard InChI is InChI=1S/C14H21NO2S/c1-14(2,3)17-13(16)15(4)11-5-6-12-10(9-11)7-8-18-12/h7-8,11H,5-6,9H2,1-4H3. The van der Waals surface area contributed by atoms with Crippen LogP contribution in [0.25, 0.3) is 0 Å². The Morgan fingerprint density at radius 2 is 2.22 bits per heavy atom. The van der Waals surface area contributed by atoms with E-state index in [9.17, 15) is 4.79 Å². The quantitative estimate of drug-likeness (QED) is 0.779. The van der Waals surface area contributed by atoms with Crippen LogP contribution in [0.15, 0.2) is 11.4 Å². The van der Waals surface area contributed by atoms with E-state index in [0.717, 1.165) is 19.3 Å². The number of hydrogen-bond acceptors (Lipinski definition) is 3. The molecule has 0 saturated carbocycles. The maximum absolute atomic E-state index is 12.0. The Hall–Kier alpha value is -1.03. The van der Waals surface area contributed by atoms with Crippen LogP contribution in [0.2, 0.25) is 0 Å². The predicted molar refractivity (Wildman–Crippen MR) is 74.1 cm³/mol. The van der Waals surface area contributed by atoms with Gasteiger partial charge in [0.05, 0.1) is 0 Å². The molecule has 0 saturated heterocycles. The van der Waals surface area contributed by atoms with Crippen LogP contribution in [0.1, 0.15) is 37.6 Å². The number of hydrogen-bond donors (Lipinski definition) is 0. The lowest BCUT2D eigenvalue weighted by Gasteiger charge is -2.32. The molecule has 0 bridgehead atoms. The third kappa shape index (κ3) is 3.05. The highest BCUT2D eigenvalue weighted by Crippen LogP contribution is 2.28. The number of thiophene rings is 1. The maximum Gasteiger partial charge on any atom is 0.410 e. The van der Waals surface area contributed by atoms with E-state index in [4.69, 9.17) is 4.74 Å². The lowest BCUT2D eigenvalue weighted by molar-refractivity contribution is 0.0210. The smallest absolute Gasteiger partial charge is 0.410 e. The molecule has 0 N–H and O–H groups in total. The van der Waals surface area contributed by atoms with E-state index >= 15 is 0 Å². The molecule has 1 atom stereocenters.